The Morgan fingerprint density at radius 2 is 1.56 bits per heavy atom. The van der Waals surface area contributed by atoms with Crippen molar-refractivity contribution in [2.24, 2.45) is 5.92 Å². The van der Waals surface area contributed by atoms with Crippen LogP contribution in [0.1, 0.15) is 31.4 Å². The van der Waals surface area contributed by atoms with Gasteiger partial charge in [0.25, 0.3) is 0 Å². The van der Waals surface area contributed by atoms with Gasteiger partial charge in [0, 0.05) is 13.1 Å². The summed E-state index contributed by atoms with van der Waals surface area (Å²) in [4.78, 5) is 2.54. The average molecular weight is 332 g/mol. The van der Waals surface area contributed by atoms with E-state index in [1.165, 1.54) is 41.4 Å². The van der Waals surface area contributed by atoms with Gasteiger partial charge in [0.05, 0.1) is 0 Å². The predicted octanol–water partition coefficient (Wildman–Crippen LogP) is 5.93. The number of rotatable bonds is 3. The maximum absolute atomic E-state index is 2.54. The molecule has 4 rings (SSSR count). The van der Waals surface area contributed by atoms with Crippen LogP contribution in [0.15, 0.2) is 72.8 Å². The van der Waals surface area contributed by atoms with Gasteiger partial charge in [-0.15, -0.1) is 0 Å². The molecule has 0 aromatic heterocycles. The maximum atomic E-state index is 2.54. The first-order valence-corrected chi connectivity index (χ1v) is 9.48. The molecule has 3 aromatic carbocycles. The summed E-state index contributed by atoms with van der Waals surface area (Å²) < 4.78 is 0. The van der Waals surface area contributed by atoms with Gasteiger partial charge >= 0.3 is 0 Å². The smallest absolute Gasteiger partial charge is 0.0233 e. The second-order valence-corrected chi connectivity index (χ2v) is 7.15. The van der Waals surface area contributed by atoms with Crippen molar-refractivity contribution in [3.8, 4) is 0 Å². The highest BCUT2D eigenvalue weighted by atomic mass is 15.1. The standard InChI is InChI=1S/C12H17N.C12H12/c1-11-7-8-13(9-11)10-12-5-3-2-4-6-12;1-2-10-7-8-11-5-3-4-6-12(11)9-10/h2-6,11H,7-10H2,1H3;3-9H,2H2,1H3. The lowest BCUT2D eigenvalue weighted by molar-refractivity contribution is 0.320. The molecule has 1 atom stereocenters. The minimum absolute atomic E-state index is 0.892. The second-order valence-electron chi connectivity index (χ2n) is 7.15. The normalized spacial score (nSPS) is 17.3. The lowest BCUT2D eigenvalue weighted by Gasteiger charge is -2.14. The monoisotopic (exact) mass is 331 g/mol. The van der Waals surface area contributed by atoms with Crippen molar-refractivity contribution in [3.63, 3.8) is 0 Å². The quantitative estimate of drug-likeness (QED) is 0.575. The fraction of sp³-hybridized carbons (Fsp3) is 0.333. The Labute approximate surface area is 152 Å². The number of hydrogen-bond donors (Lipinski definition) is 0. The molecule has 1 heteroatoms. The van der Waals surface area contributed by atoms with Crippen molar-refractivity contribution in [3.05, 3.63) is 83.9 Å². The van der Waals surface area contributed by atoms with Crippen LogP contribution < -0.4 is 0 Å². The van der Waals surface area contributed by atoms with Crippen LogP contribution >= 0.6 is 0 Å². The minimum Gasteiger partial charge on any atom is -0.299 e. The van der Waals surface area contributed by atoms with E-state index in [0.29, 0.717) is 0 Å². The summed E-state index contributed by atoms with van der Waals surface area (Å²) in [6.07, 6.45) is 2.48. The summed E-state index contributed by atoms with van der Waals surface area (Å²) in [6, 6.07) is 25.9. The first-order chi connectivity index (χ1) is 12.2. The molecule has 1 saturated heterocycles. The summed E-state index contributed by atoms with van der Waals surface area (Å²) in [5.41, 5.74) is 2.85. The van der Waals surface area contributed by atoms with Crippen LogP contribution in [0.25, 0.3) is 10.8 Å². The van der Waals surface area contributed by atoms with E-state index in [1.54, 1.807) is 0 Å². The van der Waals surface area contributed by atoms with Gasteiger partial charge in [-0.25, -0.2) is 0 Å². The van der Waals surface area contributed by atoms with E-state index in [-0.39, 0.29) is 0 Å². The van der Waals surface area contributed by atoms with E-state index in [4.69, 9.17) is 0 Å². The lowest BCUT2D eigenvalue weighted by Crippen LogP contribution is -2.19. The van der Waals surface area contributed by atoms with Crippen LogP contribution in [0.5, 0.6) is 0 Å². The summed E-state index contributed by atoms with van der Waals surface area (Å²) >= 11 is 0. The molecule has 1 aliphatic heterocycles. The number of aryl methyl sites for hydroxylation is 1. The molecule has 1 unspecified atom stereocenters. The molecule has 130 valence electrons. The first kappa shape index (κ1) is 17.7. The number of hydrogen-bond acceptors (Lipinski definition) is 1. The van der Waals surface area contributed by atoms with Crippen LogP contribution in [-0.2, 0) is 13.0 Å². The molecule has 0 spiro atoms. The number of benzene rings is 3. The summed E-state index contributed by atoms with van der Waals surface area (Å²) in [5.74, 6) is 0.892. The van der Waals surface area contributed by atoms with Gasteiger partial charge < -0.3 is 0 Å². The molecule has 1 nitrogen and oxygen atoms in total. The fourth-order valence-corrected chi connectivity index (χ4v) is 3.47. The summed E-state index contributed by atoms with van der Waals surface area (Å²) in [7, 11) is 0. The summed E-state index contributed by atoms with van der Waals surface area (Å²) in [5, 5.41) is 2.67. The van der Waals surface area contributed by atoms with Crippen molar-refractivity contribution >= 4 is 10.8 Å². The van der Waals surface area contributed by atoms with Crippen LogP contribution in [0.4, 0.5) is 0 Å². The average Bonchev–Trinajstić information content (AvgIpc) is 3.07. The Hall–Kier alpha value is -2.12. The van der Waals surface area contributed by atoms with Crippen molar-refractivity contribution in [2.45, 2.75) is 33.2 Å². The van der Waals surface area contributed by atoms with E-state index >= 15 is 0 Å². The molecule has 1 heterocycles. The highest BCUT2D eigenvalue weighted by Crippen LogP contribution is 2.17. The van der Waals surface area contributed by atoms with E-state index in [2.05, 4.69) is 91.5 Å². The van der Waals surface area contributed by atoms with Gasteiger partial charge in [-0.2, -0.15) is 0 Å². The molecular formula is C24H29N. The van der Waals surface area contributed by atoms with Crippen molar-refractivity contribution in [1.29, 1.82) is 0 Å². The molecule has 1 aliphatic rings. The van der Waals surface area contributed by atoms with Crippen LogP contribution in [0.3, 0.4) is 0 Å². The molecule has 25 heavy (non-hydrogen) atoms. The zero-order chi connectivity index (χ0) is 17.5. The third-order valence-corrected chi connectivity index (χ3v) is 4.98. The lowest BCUT2D eigenvalue weighted by atomic mass is 10.1. The molecule has 0 N–H and O–H groups in total. The fourth-order valence-electron chi connectivity index (χ4n) is 3.47. The number of fused-ring (bicyclic) bond motifs is 1. The Balaban J connectivity index is 0.000000146. The van der Waals surface area contributed by atoms with Crippen molar-refractivity contribution < 1.29 is 0 Å². The zero-order valence-electron chi connectivity index (χ0n) is 15.5. The Morgan fingerprint density at radius 1 is 0.840 bits per heavy atom. The molecule has 0 aliphatic carbocycles. The largest absolute Gasteiger partial charge is 0.299 e. The van der Waals surface area contributed by atoms with Crippen LogP contribution in [-0.4, -0.2) is 18.0 Å². The van der Waals surface area contributed by atoms with Crippen LogP contribution in [0.2, 0.25) is 0 Å². The predicted molar refractivity (Wildman–Crippen MR) is 109 cm³/mol. The Morgan fingerprint density at radius 3 is 2.24 bits per heavy atom. The van der Waals surface area contributed by atoms with E-state index in [1.807, 2.05) is 0 Å². The third kappa shape index (κ3) is 5.17. The molecule has 0 bridgehead atoms. The van der Waals surface area contributed by atoms with Gasteiger partial charge in [-0.05, 0) is 47.2 Å². The van der Waals surface area contributed by atoms with E-state index in [0.717, 1.165) is 18.9 Å². The van der Waals surface area contributed by atoms with Gasteiger partial charge in [0.15, 0.2) is 0 Å². The zero-order valence-corrected chi connectivity index (χ0v) is 15.5. The van der Waals surface area contributed by atoms with E-state index < -0.39 is 0 Å². The Bertz CT molecular complexity index is 778. The molecule has 0 radical (unpaired) electrons. The molecule has 3 aromatic rings. The molecule has 0 saturated carbocycles. The topological polar surface area (TPSA) is 3.24 Å². The van der Waals surface area contributed by atoms with Crippen molar-refractivity contribution in [2.75, 3.05) is 13.1 Å². The second kappa shape index (κ2) is 8.82. The van der Waals surface area contributed by atoms with Crippen molar-refractivity contribution in [1.82, 2.24) is 4.90 Å². The number of nitrogens with zero attached hydrogens (tertiary/aromatic N) is 1. The van der Waals surface area contributed by atoms with Gasteiger partial charge in [0.1, 0.15) is 0 Å². The Kier molecular flexibility index (Phi) is 6.25. The first-order valence-electron chi connectivity index (χ1n) is 9.48. The highest BCUT2D eigenvalue weighted by Gasteiger charge is 2.17. The highest BCUT2D eigenvalue weighted by molar-refractivity contribution is 5.82. The SMILES string of the molecule is CC1CCN(Cc2ccccc2)C1.CCc1ccc2ccccc2c1. The third-order valence-electron chi connectivity index (χ3n) is 4.98. The van der Waals surface area contributed by atoms with E-state index in [9.17, 15) is 0 Å². The maximum Gasteiger partial charge on any atom is 0.0233 e. The van der Waals surface area contributed by atoms with Crippen LogP contribution in [0, 0.1) is 5.92 Å². The molecule has 1 fully saturated rings. The summed E-state index contributed by atoms with van der Waals surface area (Å²) in [6.45, 7) is 8.20. The minimum atomic E-state index is 0.892. The van der Waals surface area contributed by atoms with Gasteiger partial charge in [-0.3, -0.25) is 4.90 Å². The van der Waals surface area contributed by atoms with Gasteiger partial charge in [0.2, 0.25) is 0 Å². The molecule has 0 amide bonds. The number of likely N-dealkylation sites (tertiary alicyclic amines) is 1. The molecular weight excluding hydrogens is 302 g/mol. The van der Waals surface area contributed by atoms with Gasteiger partial charge in [-0.1, -0.05) is 86.6 Å².